The molecule has 132 valence electrons. The first-order valence-corrected chi connectivity index (χ1v) is 8.46. The van der Waals surface area contributed by atoms with Crippen molar-refractivity contribution >= 4 is 5.97 Å². The van der Waals surface area contributed by atoms with Crippen molar-refractivity contribution in [3.05, 3.63) is 65.2 Å². The van der Waals surface area contributed by atoms with Crippen molar-refractivity contribution in [2.45, 2.75) is 12.5 Å². The molecular weight excluding hydrogens is 318 g/mol. The Kier molecular flexibility index (Phi) is 5.68. The van der Waals surface area contributed by atoms with Gasteiger partial charge in [-0.25, -0.2) is 4.79 Å². The van der Waals surface area contributed by atoms with Gasteiger partial charge < -0.3 is 14.6 Å². The first kappa shape index (κ1) is 17.5. The van der Waals surface area contributed by atoms with Crippen LogP contribution in [-0.4, -0.2) is 49.3 Å². The number of benzene rings is 2. The third kappa shape index (κ3) is 4.38. The normalized spacial score (nSPS) is 18.0. The molecule has 0 saturated carbocycles. The molecule has 0 bridgehead atoms. The van der Waals surface area contributed by atoms with Crippen molar-refractivity contribution < 1.29 is 19.4 Å². The average molecular weight is 341 g/mol. The molecule has 2 aromatic carbocycles. The summed E-state index contributed by atoms with van der Waals surface area (Å²) < 4.78 is 11.2. The molecule has 1 fully saturated rings. The van der Waals surface area contributed by atoms with E-state index in [1.54, 1.807) is 19.2 Å². The SMILES string of the molecule is COc1cccc(C2CN(CCc3ccccc3C(=O)O)CCO2)c1. The highest BCUT2D eigenvalue weighted by Crippen LogP contribution is 2.25. The first-order valence-electron chi connectivity index (χ1n) is 8.46. The Balaban J connectivity index is 1.63. The molecular formula is C20H23NO4. The Labute approximate surface area is 147 Å². The summed E-state index contributed by atoms with van der Waals surface area (Å²) in [4.78, 5) is 13.7. The average Bonchev–Trinajstić information content (AvgIpc) is 2.67. The standard InChI is InChI=1S/C20H23NO4/c1-24-17-7-4-6-16(13-17)19-14-21(11-12-25-19)10-9-15-5-2-3-8-18(15)20(22)23/h2-8,13,19H,9-12,14H2,1H3,(H,22,23). The van der Waals surface area contributed by atoms with E-state index in [9.17, 15) is 9.90 Å². The summed E-state index contributed by atoms with van der Waals surface area (Å²) in [6.07, 6.45) is 0.728. The van der Waals surface area contributed by atoms with Crippen molar-refractivity contribution in [1.82, 2.24) is 4.90 Å². The van der Waals surface area contributed by atoms with Gasteiger partial charge in [0.1, 0.15) is 5.75 Å². The lowest BCUT2D eigenvalue weighted by atomic mass is 10.0. The van der Waals surface area contributed by atoms with Gasteiger partial charge in [-0.1, -0.05) is 30.3 Å². The number of methoxy groups -OCH3 is 1. The number of carboxylic acids is 1. The summed E-state index contributed by atoms with van der Waals surface area (Å²) in [5.74, 6) is -0.0413. The van der Waals surface area contributed by atoms with Crippen LogP contribution in [0.4, 0.5) is 0 Å². The number of hydrogen-bond acceptors (Lipinski definition) is 4. The highest BCUT2D eigenvalue weighted by molar-refractivity contribution is 5.89. The van der Waals surface area contributed by atoms with Crippen LogP contribution in [0.2, 0.25) is 0 Å². The summed E-state index contributed by atoms with van der Waals surface area (Å²) in [7, 11) is 1.66. The minimum Gasteiger partial charge on any atom is -0.497 e. The molecule has 0 radical (unpaired) electrons. The Morgan fingerprint density at radius 1 is 1.28 bits per heavy atom. The highest BCUT2D eigenvalue weighted by Gasteiger charge is 2.22. The van der Waals surface area contributed by atoms with E-state index in [0.717, 1.165) is 36.5 Å². The zero-order valence-corrected chi connectivity index (χ0v) is 14.4. The van der Waals surface area contributed by atoms with E-state index in [1.807, 2.05) is 30.3 Å². The fourth-order valence-electron chi connectivity index (χ4n) is 3.17. The third-order valence-electron chi connectivity index (χ3n) is 4.56. The van der Waals surface area contributed by atoms with Gasteiger partial charge in [-0.2, -0.15) is 0 Å². The first-order chi connectivity index (χ1) is 12.2. The third-order valence-corrected chi connectivity index (χ3v) is 4.56. The summed E-state index contributed by atoms with van der Waals surface area (Å²) in [6.45, 7) is 3.13. The van der Waals surface area contributed by atoms with Gasteiger partial charge in [0, 0.05) is 19.6 Å². The Bertz CT molecular complexity index is 731. The van der Waals surface area contributed by atoms with Crippen LogP contribution in [-0.2, 0) is 11.2 Å². The molecule has 3 rings (SSSR count). The number of ether oxygens (including phenoxy) is 2. The fraction of sp³-hybridized carbons (Fsp3) is 0.350. The minimum atomic E-state index is -0.869. The number of nitrogens with zero attached hydrogens (tertiary/aromatic N) is 1. The van der Waals surface area contributed by atoms with Gasteiger partial charge in [0.15, 0.2) is 0 Å². The summed E-state index contributed by atoms with van der Waals surface area (Å²) in [5, 5.41) is 9.30. The maximum atomic E-state index is 11.3. The van der Waals surface area contributed by atoms with Gasteiger partial charge in [0.2, 0.25) is 0 Å². The lowest BCUT2D eigenvalue weighted by Crippen LogP contribution is -2.39. The number of carbonyl (C=O) groups is 1. The second kappa shape index (κ2) is 8.14. The van der Waals surface area contributed by atoms with Gasteiger partial charge in [0.25, 0.3) is 0 Å². The largest absolute Gasteiger partial charge is 0.497 e. The zero-order chi connectivity index (χ0) is 17.6. The van der Waals surface area contributed by atoms with Gasteiger partial charge in [-0.15, -0.1) is 0 Å². The van der Waals surface area contributed by atoms with Gasteiger partial charge in [-0.3, -0.25) is 4.90 Å². The van der Waals surface area contributed by atoms with Crippen LogP contribution in [0.3, 0.4) is 0 Å². The van der Waals surface area contributed by atoms with E-state index in [4.69, 9.17) is 9.47 Å². The van der Waals surface area contributed by atoms with Crippen molar-refractivity contribution in [3.63, 3.8) is 0 Å². The maximum Gasteiger partial charge on any atom is 0.335 e. The second-order valence-electron chi connectivity index (χ2n) is 6.15. The molecule has 1 unspecified atom stereocenters. The summed E-state index contributed by atoms with van der Waals surface area (Å²) in [6, 6.07) is 15.2. The predicted molar refractivity (Wildman–Crippen MR) is 95.2 cm³/mol. The molecule has 1 aliphatic rings. The smallest absolute Gasteiger partial charge is 0.335 e. The zero-order valence-electron chi connectivity index (χ0n) is 14.4. The number of morpholine rings is 1. The van der Waals surface area contributed by atoms with Gasteiger partial charge in [-0.05, 0) is 35.7 Å². The molecule has 1 saturated heterocycles. The molecule has 0 amide bonds. The van der Waals surface area contributed by atoms with Gasteiger partial charge >= 0.3 is 5.97 Å². The summed E-state index contributed by atoms with van der Waals surface area (Å²) >= 11 is 0. The topological polar surface area (TPSA) is 59.0 Å². The number of carboxylic acid groups (broad SMARTS) is 1. The molecule has 1 atom stereocenters. The molecule has 1 N–H and O–H groups in total. The van der Waals surface area contributed by atoms with Crippen LogP contribution in [0.25, 0.3) is 0 Å². The van der Waals surface area contributed by atoms with E-state index in [1.165, 1.54) is 0 Å². The molecule has 2 aromatic rings. The monoisotopic (exact) mass is 341 g/mol. The number of hydrogen-bond donors (Lipinski definition) is 1. The van der Waals surface area contributed by atoms with Crippen molar-refractivity contribution in [1.29, 1.82) is 0 Å². The van der Waals surface area contributed by atoms with E-state index in [2.05, 4.69) is 11.0 Å². The fourth-order valence-corrected chi connectivity index (χ4v) is 3.17. The molecule has 1 aliphatic heterocycles. The van der Waals surface area contributed by atoms with Crippen LogP contribution in [0.15, 0.2) is 48.5 Å². The molecule has 0 aromatic heterocycles. The summed E-state index contributed by atoms with van der Waals surface area (Å²) in [5.41, 5.74) is 2.37. The molecule has 25 heavy (non-hydrogen) atoms. The molecule has 5 nitrogen and oxygen atoms in total. The van der Waals surface area contributed by atoms with Crippen molar-refractivity contribution in [2.24, 2.45) is 0 Å². The van der Waals surface area contributed by atoms with Crippen molar-refractivity contribution in [2.75, 3.05) is 33.4 Å². The van der Waals surface area contributed by atoms with Crippen LogP contribution in [0.5, 0.6) is 5.75 Å². The Morgan fingerprint density at radius 3 is 2.92 bits per heavy atom. The molecule has 5 heteroatoms. The van der Waals surface area contributed by atoms with E-state index >= 15 is 0 Å². The number of aromatic carboxylic acids is 1. The second-order valence-corrected chi connectivity index (χ2v) is 6.15. The Hall–Kier alpha value is -2.37. The van der Waals surface area contributed by atoms with Crippen LogP contribution >= 0.6 is 0 Å². The molecule has 1 heterocycles. The number of rotatable bonds is 6. The Morgan fingerprint density at radius 2 is 2.12 bits per heavy atom. The molecule has 0 aliphatic carbocycles. The maximum absolute atomic E-state index is 11.3. The van der Waals surface area contributed by atoms with Crippen molar-refractivity contribution in [3.8, 4) is 5.75 Å². The van der Waals surface area contributed by atoms with E-state index in [0.29, 0.717) is 18.6 Å². The van der Waals surface area contributed by atoms with Crippen LogP contribution in [0, 0.1) is 0 Å². The lowest BCUT2D eigenvalue weighted by Gasteiger charge is -2.33. The van der Waals surface area contributed by atoms with Crippen LogP contribution in [0.1, 0.15) is 27.6 Å². The van der Waals surface area contributed by atoms with Gasteiger partial charge in [0.05, 0.1) is 25.4 Å². The molecule has 0 spiro atoms. The van der Waals surface area contributed by atoms with E-state index < -0.39 is 5.97 Å². The quantitative estimate of drug-likeness (QED) is 0.875. The highest BCUT2D eigenvalue weighted by atomic mass is 16.5. The van der Waals surface area contributed by atoms with Crippen LogP contribution < -0.4 is 4.74 Å². The minimum absolute atomic E-state index is 0.0126. The van der Waals surface area contributed by atoms with E-state index in [-0.39, 0.29) is 6.10 Å². The lowest BCUT2D eigenvalue weighted by molar-refractivity contribution is -0.0296. The predicted octanol–water partition coefficient (Wildman–Crippen LogP) is 3.01.